The Morgan fingerprint density at radius 2 is 1.70 bits per heavy atom. The highest BCUT2D eigenvalue weighted by Gasteiger charge is 2.20. The van der Waals surface area contributed by atoms with E-state index < -0.39 is 0 Å². The number of halogens is 1. The summed E-state index contributed by atoms with van der Waals surface area (Å²) in [5, 5.41) is 2.95. The van der Waals surface area contributed by atoms with Crippen molar-refractivity contribution in [2.45, 2.75) is 6.42 Å². The summed E-state index contributed by atoms with van der Waals surface area (Å²) >= 11 is 3.46. The zero-order chi connectivity index (χ0) is 23.6. The summed E-state index contributed by atoms with van der Waals surface area (Å²) in [7, 11) is 3.27. The maximum absolute atomic E-state index is 13.2. The van der Waals surface area contributed by atoms with Gasteiger partial charge in [0, 0.05) is 26.3 Å². The van der Waals surface area contributed by atoms with Crippen molar-refractivity contribution in [3.8, 4) is 5.75 Å². The second-order valence-corrected chi connectivity index (χ2v) is 8.21. The van der Waals surface area contributed by atoms with Gasteiger partial charge in [0.1, 0.15) is 12.4 Å². The third-order valence-electron chi connectivity index (χ3n) is 5.08. The Morgan fingerprint density at radius 1 is 0.970 bits per heavy atom. The Kier molecular flexibility index (Phi) is 9.04. The van der Waals surface area contributed by atoms with Crippen LogP contribution in [0.1, 0.15) is 26.3 Å². The van der Waals surface area contributed by atoms with Crippen LogP contribution in [0.4, 0.5) is 5.69 Å². The maximum Gasteiger partial charge on any atom is 0.258 e. The molecule has 3 aromatic carbocycles. The first-order chi connectivity index (χ1) is 16.0. The Bertz CT molecular complexity index is 1090. The Balaban J connectivity index is 1.69. The van der Waals surface area contributed by atoms with Crippen molar-refractivity contribution in [1.82, 2.24) is 5.32 Å². The highest BCUT2D eigenvalue weighted by atomic mass is 79.9. The molecular formula is C26H27BrN2O4. The maximum atomic E-state index is 13.2. The molecule has 6 nitrogen and oxygen atoms in total. The molecule has 3 aromatic rings. The van der Waals surface area contributed by atoms with Crippen molar-refractivity contribution in [2.75, 3.05) is 38.8 Å². The van der Waals surface area contributed by atoms with Gasteiger partial charge in [-0.25, -0.2) is 0 Å². The average molecular weight is 511 g/mol. The van der Waals surface area contributed by atoms with E-state index in [1.54, 1.807) is 50.6 Å². The van der Waals surface area contributed by atoms with Crippen molar-refractivity contribution in [3.05, 3.63) is 94.0 Å². The lowest BCUT2D eigenvalue weighted by Crippen LogP contribution is -2.31. The van der Waals surface area contributed by atoms with Crippen LogP contribution < -0.4 is 15.0 Å². The van der Waals surface area contributed by atoms with E-state index in [9.17, 15) is 9.59 Å². The molecule has 7 heteroatoms. The van der Waals surface area contributed by atoms with Crippen LogP contribution >= 0.6 is 15.9 Å². The molecular weight excluding hydrogens is 484 g/mol. The zero-order valence-corrected chi connectivity index (χ0v) is 20.3. The van der Waals surface area contributed by atoms with E-state index in [0.29, 0.717) is 46.8 Å². The number of methoxy groups -OCH3 is 1. The summed E-state index contributed by atoms with van der Waals surface area (Å²) in [5.74, 6) is 0.178. The third kappa shape index (κ3) is 6.66. The molecule has 0 aliphatic carbocycles. The molecule has 0 saturated carbocycles. The summed E-state index contributed by atoms with van der Waals surface area (Å²) in [6.45, 7) is 1.39. The van der Waals surface area contributed by atoms with Crippen molar-refractivity contribution >= 4 is 33.4 Å². The molecule has 0 saturated heterocycles. The molecule has 33 heavy (non-hydrogen) atoms. The van der Waals surface area contributed by atoms with Gasteiger partial charge in [-0.15, -0.1) is 0 Å². The Hall–Kier alpha value is -3.16. The van der Waals surface area contributed by atoms with Gasteiger partial charge in [-0.3, -0.25) is 9.59 Å². The number of hydrogen-bond acceptors (Lipinski definition) is 4. The fraction of sp³-hybridized carbons (Fsp3) is 0.231. The van der Waals surface area contributed by atoms with E-state index in [1.807, 2.05) is 36.4 Å². The topological polar surface area (TPSA) is 67.9 Å². The number of anilines is 1. The van der Waals surface area contributed by atoms with E-state index in [2.05, 4.69) is 21.2 Å². The van der Waals surface area contributed by atoms with E-state index in [0.717, 1.165) is 12.0 Å². The summed E-state index contributed by atoms with van der Waals surface area (Å²) in [5.41, 5.74) is 2.61. The number of carbonyl (C=O) groups is 2. The molecule has 1 N–H and O–H groups in total. The SMILES string of the molecule is COCCOc1ccc(C(=O)N(C)c2ccccc2C(=O)NCCc2ccccc2)cc1Br. The molecule has 0 aliphatic rings. The zero-order valence-electron chi connectivity index (χ0n) is 18.7. The van der Waals surface area contributed by atoms with Crippen molar-refractivity contribution in [3.63, 3.8) is 0 Å². The van der Waals surface area contributed by atoms with E-state index in [1.165, 1.54) is 4.90 Å². The standard InChI is InChI=1S/C26H27BrN2O4/c1-29(26(31)20-12-13-24(22(27)18-20)33-17-16-32-2)23-11-7-6-10-21(23)25(30)28-15-14-19-8-4-3-5-9-19/h3-13,18H,14-17H2,1-2H3,(H,28,30). The van der Waals surface area contributed by atoms with Gasteiger partial charge in [-0.2, -0.15) is 0 Å². The number of carbonyl (C=O) groups excluding carboxylic acids is 2. The average Bonchev–Trinajstić information content (AvgIpc) is 2.84. The molecule has 2 amide bonds. The number of ether oxygens (including phenoxy) is 2. The van der Waals surface area contributed by atoms with Gasteiger partial charge in [0.15, 0.2) is 0 Å². The van der Waals surface area contributed by atoms with E-state index >= 15 is 0 Å². The summed E-state index contributed by atoms with van der Waals surface area (Å²) < 4.78 is 11.3. The number of para-hydroxylation sites is 1. The van der Waals surface area contributed by atoms with Crippen LogP contribution in [-0.2, 0) is 11.2 Å². The molecule has 0 radical (unpaired) electrons. The molecule has 0 spiro atoms. The molecule has 3 rings (SSSR count). The molecule has 0 aromatic heterocycles. The van der Waals surface area contributed by atoms with Gasteiger partial charge >= 0.3 is 0 Å². The summed E-state index contributed by atoms with van der Waals surface area (Å²) in [4.78, 5) is 27.5. The minimum Gasteiger partial charge on any atom is -0.490 e. The quantitative estimate of drug-likeness (QED) is 0.400. The summed E-state index contributed by atoms with van der Waals surface area (Å²) in [6.07, 6.45) is 0.732. The number of hydrogen-bond donors (Lipinski definition) is 1. The Labute approximate surface area is 202 Å². The first-order valence-electron chi connectivity index (χ1n) is 10.6. The van der Waals surface area contributed by atoms with Crippen LogP contribution in [0, 0.1) is 0 Å². The van der Waals surface area contributed by atoms with Crippen LogP contribution in [0.3, 0.4) is 0 Å². The van der Waals surface area contributed by atoms with Gasteiger partial charge in [0.05, 0.1) is 22.3 Å². The van der Waals surface area contributed by atoms with Crippen LogP contribution in [0.5, 0.6) is 5.75 Å². The van der Waals surface area contributed by atoms with Crippen molar-refractivity contribution in [1.29, 1.82) is 0 Å². The fourth-order valence-electron chi connectivity index (χ4n) is 3.31. The first kappa shape index (κ1) is 24.5. The molecule has 172 valence electrons. The number of rotatable bonds is 10. The third-order valence-corrected chi connectivity index (χ3v) is 5.70. The second-order valence-electron chi connectivity index (χ2n) is 7.36. The molecule has 0 fully saturated rings. The lowest BCUT2D eigenvalue weighted by Gasteiger charge is -2.21. The van der Waals surface area contributed by atoms with Crippen LogP contribution in [0.25, 0.3) is 0 Å². The molecule has 0 aliphatic heterocycles. The fourth-order valence-corrected chi connectivity index (χ4v) is 3.80. The van der Waals surface area contributed by atoms with Gasteiger partial charge in [0.25, 0.3) is 11.8 Å². The number of benzene rings is 3. The monoisotopic (exact) mass is 510 g/mol. The first-order valence-corrected chi connectivity index (χ1v) is 11.4. The smallest absolute Gasteiger partial charge is 0.258 e. The highest BCUT2D eigenvalue weighted by molar-refractivity contribution is 9.10. The lowest BCUT2D eigenvalue weighted by atomic mass is 10.1. The minimum absolute atomic E-state index is 0.218. The van der Waals surface area contributed by atoms with Crippen LogP contribution in [-0.4, -0.2) is 45.7 Å². The van der Waals surface area contributed by atoms with Gasteiger partial charge in [-0.05, 0) is 58.2 Å². The number of amides is 2. The van der Waals surface area contributed by atoms with Gasteiger partial charge in [0.2, 0.25) is 0 Å². The van der Waals surface area contributed by atoms with Gasteiger partial charge < -0.3 is 19.7 Å². The molecule has 0 unspecified atom stereocenters. The van der Waals surface area contributed by atoms with Crippen molar-refractivity contribution in [2.24, 2.45) is 0 Å². The highest BCUT2D eigenvalue weighted by Crippen LogP contribution is 2.28. The predicted octanol–water partition coefficient (Wildman–Crippen LogP) is 4.72. The lowest BCUT2D eigenvalue weighted by molar-refractivity contribution is 0.0954. The van der Waals surface area contributed by atoms with E-state index in [-0.39, 0.29) is 11.8 Å². The summed E-state index contributed by atoms with van der Waals surface area (Å²) in [6, 6.07) is 22.2. The number of nitrogens with one attached hydrogen (secondary N) is 1. The van der Waals surface area contributed by atoms with Gasteiger partial charge in [-0.1, -0.05) is 42.5 Å². The second kappa shape index (κ2) is 12.2. The van der Waals surface area contributed by atoms with E-state index in [4.69, 9.17) is 9.47 Å². The van der Waals surface area contributed by atoms with Crippen LogP contribution in [0.2, 0.25) is 0 Å². The van der Waals surface area contributed by atoms with Crippen molar-refractivity contribution < 1.29 is 19.1 Å². The minimum atomic E-state index is -0.233. The Morgan fingerprint density at radius 3 is 2.42 bits per heavy atom. The molecule has 0 bridgehead atoms. The normalized spacial score (nSPS) is 10.5. The molecule has 0 atom stereocenters. The van der Waals surface area contributed by atoms with Crippen LogP contribution in [0.15, 0.2) is 77.3 Å². The predicted molar refractivity (Wildman–Crippen MR) is 133 cm³/mol. The number of nitrogens with zero attached hydrogens (tertiary/aromatic N) is 1. The molecule has 0 heterocycles. The largest absolute Gasteiger partial charge is 0.490 e.